The number of aryl methyl sites for hydroxylation is 1. The van der Waals surface area contributed by atoms with Crippen molar-refractivity contribution < 1.29 is 0 Å². The van der Waals surface area contributed by atoms with Crippen LogP contribution in [0.1, 0.15) is 25.8 Å². The van der Waals surface area contributed by atoms with Crippen LogP contribution in [0.3, 0.4) is 0 Å². The van der Waals surface area contributed by atoms with Gasteiger partial charge in [-0.3, -0.25) is 0 Å². The SMILES string of the molecule is Cc1ccc(N2C(CCN)CN(C)CC2(C)C)cc1. The first-order valence-electron chi connectivity index (χ1n) is 7.18. The lowest BCUT2D eigenvalue weighted by Gasteiger charge is -2.52. The van der Waals surface area contributed by atoms with Crippen LogP contribution in [-0.2, 0) is 0 Å². The molecule has 106 valence electrons. The summed E-state index contributed by atoms with van der Waals surface area (Å²) >= 11 is 0. The molecular weight excluding hydrogens is 234 g/mol. The highest BCUT2D eigenvalue weighted by atomic mass is 15.3. The van der Waals surface area contributed by atoms with Gasteiger partial charge in [-0.05, 0) is 52.9 Å². The highest BCUT2D eigenvalue weighted by Crippen LogP contribution is 2.32. The number of nitrogens with two attached hydrogens (primary N) is 1. The van der Waals surface area contributed by atoms with Gasteiger partial charge in [-0.15, -0.1) is 0 Å². The van der Waals surface area contributed by atoms with Crippen LogP contribution in [0.2, 0.25) is 0 Å². The molecule has 1 aromatic carbocycles. The predicted molar refractivity (Wildman–Crippen MR) is 82.7 cm³/mol. The lowest BCUT2D eigenvalue weighted by molar-refractivity contribution is 0.176. The van der Waals surface area contributed by atoms with E-state index in [1.807, 2.05) is 0 Å². The van der Waals surface area contributed by atoms with Gasteiger partial charge in [-0.2, -0.15) is 0 Å². The first-order valence-corrected chi connectivity index (χ1v) is 7.18. The second-order valence-corrected chi connectivity index (χ2v) is 6.45. The van der Waals surface area contributed by atoms with Crippen LogP contribution < -0.4 is 10.6 Å². The molecule has 0 aromatic heterocycles. The number of rotatable bonds is 3. The maximum atomic E-state index is 5.81. The molecule has 0 radical (unpaired) electrons. The second kappa shape index (κ2) is 5.51. The van der Waals surface area contributed by atoms with Gasteiger partial charge in [-0.1, -0.05) is 17.7 Å². The van der Waals surface area contributed by atoms with Crippen molar-refractivity contribution in [2.45, 2.75) is 38.8 Å². The Bertz CT molecular complexity index is 411. The van der Waals surface area contributed by atoms with Gasteiger partial charge in [0, 0.05) is 30.4 Å². The Kier molecular flexibility index (Phi) is 4.16. The van der Waals surface area contributed by atoms with Crippen LogP contribution in [0.4, 0.5) is 5.69 Å². The number of likely N-dealkylation sites (N-methyl/N-ethyl adjacent to an activating group) is 1. The van der Waals surface area contributed by atoms with Crippen molar-refractivity contribution in [3.05, 3.63) is 29.8 Å². The van der Waals surface area contributed by atoms with Crippen molar-refractivity contribution in [3.63, 3.8) is 0 Å². The average molecular weight is 261 g/mol. The third-order valence-corrected chi connectivity index (χ3v) is 4.01. The molecule has 3 heteroatoms. The Labute approximate surface area is 117 Å². The van der Waals surface area contributed by atoms with Crippen LogP contribution in [0, 0.1) is 6.92 Å². The highest BCUT2D eigenvalue weighted by Gasteiger charge is 2.38. The van der Waals surface area contributed by atoms with E-state index < -0.39 is 0 Å². The van der Waals surface area contributed by atoms with Crippen molar-refractivity contribution in [2.24, 2.45) is 5.73 Å². The van der Waals surface area contributed by atoms with E-state index in [4.69, 9.17) is 5.73 Å². The number of benzene rings is 1. The average Bonchev–Trinajstić information content (AvgIpc) is 2.30. The minimum absolute atomic E-state index is 0.141. The summed E-state index contributed by atoms with van der Waals surface area (Å²) in [6.45, 7) is 9.71. The number of anilines is 1. The molecule has 1 saturated heterocycles. The van der Waals surface area contributed by atoms with Gasteiger partial charge in [0.25, 0.3) is 0 Å². The van der Waals surface area contributed by atoms with Crippen LogP contribution >= 0.6 is 0 Å². The molecule has 1 aromatic rings. The molecule has 1 atom stereocenters. The van der Waals surface area contributed by atoms with Crippen LogP contribution in [0.5, 0.6) is 0 Å². The molecule has 1 fully saturated rings. The predicted octanol–water partition coefficient (Wildman–Crippen LogP) is 2.24. The smallest absolute Gasteiger partial charge is 0.0476 e. The molecule has 1 aliphatic heterocycles. The van der Waals surface area contributed by atoms with Crippen LogP contribution in [0.15, 0.2) is 24.3 Å². The van der Waals surface area contributed by atoms with Gasteiger partial charge in [0.15, 0.2) is 0 Å². The van der Waals surface area contributed by atoms with Gasteiger partial charge in [0.2, 0.25) is 0 Å². The van der Waals surface area contributed by atoms with E-state index in [2.05, 4.69) is 61.9 Å². The van der Waals surface area contributed by atoms with Crippen molar-refractivity contribution in [3.8, 4) is 0 Å². The molecule has 2 rings (SSSR count). The lowest BCUT2D eigenvalue weighted by Crippen LogP contribution is -2.63. The molecule has 0 bridgehead atoms. The molecule has 19 heavy (non-hydrogen) atoms. The number of hydrogen-bond acceptors (Lipinski definition) is 3. The summed E-state index contributed by atoms with van der Waals surface area (Å²) in [6.07, 6.45) is 1.04. The fourth-order valence-corrected chi connectivity index (χ4v) is 3.42. The van der Waals surface area contributed by atoms with Gasteiger partial charge in [0.1, 0.15) is 0 Å². The molecule has 3 nitrogen and oxygen atoms in total. The van der Waals surface area contributed by atoms with Crippen molar-refractivity contribution in [1.29, 1.82) is 0 Å². The molecule has 2 N–H and O–H groups in total. The van der Waals surface area contributed by atoms with E-state index in [0.717, 1.165) is 26.1 Å². The quantitative estimate of drug-likeness (QED) is 0.906. The molecule has 1 unspecified atom stereocenters. The molecule has 0 aliphatic carbocycles. The van der Waals surface area contributed by atoms with E-state index in [1.165, 1.54) is 11.3 Å². The largest absolute Gasteiger partial charge is 0.361 e. The Balaban J connectivity index is 2.33. The van der Waals surface area contributed by atoms with Crippen LogP contribution in [0.25, 0.3) is 0 Å². The summed E-state index contributed by atoms with van der Waals surface area (Å²) in [5.74, 6) is 0. The maximum absolute atomic E-state index is 5.81. The summed E-state index contributed by atoms with van der Waals surface area (Å²) in [5, 5.41) is 0. The first kappa shape index (κ1) is 14.4. The van der Waals surface area contributed by atoms with E-state index in [1.54, 1.807) is 0 Å². The third-order valence-electron chi connectivity index (χ3n) is 4.01. The number of piperazine rings is 1. The molecule has 1 aliphatic rings. The Morgan fingerprint density at radius 3 is 2.47 bits per heavy atom. The lowest BCUT2D eigenvalue weighted by atomic mass is 9.92. The molecule has 1 heterocycles. The fourth-order valence-electron chi connectivity index (χ4n) is 3.42. The van der Waals surface area contributed by atoms with Gasteiger partial charge >= 0.3 is 0 Å². The van der Waals surface area contributed by atoms with Gasteiger partial charge in [0.05, 0.1) is 0 Å². The summed E-state index contributed by atoms with van der Waals surface area (Å²) in [7, 11) is 2.21. The normalized spacial score (nSPS) is 23.6. The first-order chi connectivity index (χ1) is 8.94. The number of hydrogen-bond donors (Lipinski definition) is 1. The topological polar surface area (TPSA) is 32.5 Å². The van der Waals surface area contributed by atoms with Crippen molar-refractivity contribution >= 4 is 5.69 Å². The van der Waals surface area contributed by atoms with Crippen molar-refractivity contribution in [1.82, 2.24) is 4.90 Å². The monoisotopic (exact) mass is 261 g/mol. The van der Waals surface area contributed by atoms with E-state index in [0.29, 0.717) is 6.04 Å². The Morgan fingerprint density at radius 1 is 1.26 bits per heavy atom. The van der Waals surface area contributed by atoms with Crippen LogP contribution in [-0.4, -0.2) is 43.2 Å². The summed E-state index contributed by atoms with van der Waals surface area (Å²) in [5.41, 5.74) is 8.59. The Hall–Kier alpha value is -1.06. The zero-order valence-electron chi connectivity index (χ0n) is 12.7. The van der Waals surface area contributed by atoms with E-state index in [-0.39, 0.29) is 5.54 Å². The van der Waals surface area contributed by atoms with Crippen molar-refractivity contribution in [2.75, 3.05) is 31.6 Å². The van der Waals surface area contributed by atoms with E-state index >= 15 is 0 Å². The fraction of sp³-hybridized carbons (Fsp3) is 0.625. The summed E-state index contributed by atoms with van der Waals surface area (Å²) < 4.78 is 0. The number of nitrogens with zero attached hydrogens (tertiary/aromatic N) is 2. The van der Waals surface area contributed by atoms with Gasteiger partial charge in [-0.25, -0.2) is 0 Å². The van der Waals surface area contributed by atoms with E-state index in [9.17, 15) is 0 Å². The Morgan fingerprint density at radius 2 is 1.89 bits per heavy atom. The molecule has 0 amide bonds. The summed E-state index contributed by atoms with van der Waals surface area (Å²) in [4.78, 5) is 4.99. The maximum Gasteiger partial charge on any atom is 0.0476 e. The molecule has 0 saturated carbocycles. The van der Waals surface area contributed by atoms with Gasteiger partial charge < -0.3 is 15.5 Å². The molecule has 0 spiro atoms. The summed E-state index contributed by atoms with van der Waals surface area (Å²) in [6, 6.07) is 9.38. The minimum Gasteiger partial charge on any atom is -0.361 e. The zero-order valence-corrected chi connectivity index (χ0v) is 12.7. The zero-order chi connectivity index (χ0) is 14.0. The minimum atomic E-state index is 0.141. The second-order valence-electron chi connectivity index (χ2n) is 6.45. The third kappa shape index (κ3) is 3.10. The molecular formula is C16H27N3. The highest BCUT2D eigenvalue weighted by molar-refractivity contribution is 5.51. The standard InChI is InChI=1S/C16H27N3/c1-13-5-7-14(8-6-13)19-15(9-10-17)11-18(4)12-16(19,2)3/h5-8,15H,9-12,17H2,1-4H3.